The van der Waals surface area contributed by atoms with Gasteiger partial charge >= 0.3 is 0 Å². The summed E-state index contributed by atoms with van der Waals surface area (Å²) in [7, 11) is 2.29. The van der Waals surface area contributed by atoms with Crippen LogP contribution in [0.1, 0.15) is 78.1 Å². The maximum absolute atomic E-state index is 3.66. The molecular weight excluding hydrogens is 332 g/mol. The highest BCUT2D eigenvalue weighted by Crippen LogP contribution is 2.05. The summed E-state index contributed by atoms with van der Waals surface area (Å²) in [4.78, 5) is 7.91. The Labute approximate surface area is 171 Å². The van der Waals surface area contributed by atoms with Crippen molar-refractivity contribution >= 4 is 0 Å². The lowest BCUT2D eigenvalue weighted by Crippen LogP contribution is -2.36. The summed E-state index contributed by atoms with van der Waals surface area (Å²) in [5.41, 5.74) is 0. The number of rotatable bonds is 13. The van der Waals surface area contributed by atoms with Crippen LogP contribution in [0.15, 0.2) is 0 Å². The predicted molar refractivity (Wildman–Crippen MR) is 121 cm³/mol. The first kappa shape index (κ1) is 24.9. The highest BCUT2D eigenvalue weighted by Gasteiger charge is 2.11. The Morgan fingerprint density at radius 2 is 1.22 bits per heavy atom. The summed E-state index contributed by atoms with van der Waals surface area (Å²) < 4.78 is 0. The molecule has 1 rings (SSSR count). The molecule has 1 fully saturated rings. The van der Waals surface area contributed by atoms with Crippen LogP contribution in [-0.4, -0.2) is 87.2 Å². The largest absolute Gasteiger partial charge is 0.317 e. The number of unbranched alkanes of at least 4 members (excludes halogenated alkanes) is 5. The molecule has 0 spiro atoms. The molecule has 162 valence electrons. The van der Waals surface area contributed by atoms with Gasteiger partial charge in [-0.15, -0.1) is 0 Å². The number of nitrogens with zero attached hydrogens (tertiary/aromatic N) is 3. The fourth-order valence-electron chi connectivity index (χ4n) is 4.08. The monoisotopic (exact) mass is 382 g/mol. The minimum atomic E-state index is 1.18. The minimum absolute atomic E-state index is 1.18. The zero-order valence-electron chi connectivity index (χ0n) is 19.0. The molecule has 27 heavy (non-hydrogen) atoms. The van der Waals surface area contributed by atoms with Crippen molar-refractivity contribution in [2.75, 3.05) is 72.5 Å². The molecule has 1 heterocycles. The van der Waals surface area contributed by atoms with Crippen molar-refractivity contribution in [3.05, 3.63) is 0 Å². The Hall–Kier alpha value is -0.160. The molecular formula is C23H50N4. The lowest BCUT2D eigenvalue weighted by atomic mass is 10.1. The lowest BCUT2D eigenvalue weighted by molar-refractivity contribution is 0.220. The van der Waals surface area contributed by atoms with Crippen molar-refractivity contribution in [1.82, 2.24) is 20.0 Å². The van der Waals surface area contributed by atoms with E-state index in [1.54, 1.807) is 0 Å². The van der Waals surface area contributed by atoms with Gasteiger partial charge in [0.25, 0.3) is 0 Å². The van der Waals surface area contributed by atoms with Crippen LogP contribution in [0.4, 0.5) is 0 Å². The van der Waals surface area contributed by atoms with E-state index in [-0.39, 0.29) is 0 Å². The van der Waals surface area contributed by atoms with Gasteiger partial charge in [0.15, 0.2) is 0 Å². The van der Waals surface area contributed by atoms with Crippen LogP contribution in [0.5, 0.6) is 0 Å². The van der Waals surface area contributed by atoms with Gasteiger partial charge in [-0.1, -0.05) is 46.0 Å². The molecule has 4 heteroatoms. The van der Waals surface area contributed by atoms with E-state index < -0.39 is 0 Å². The Kier molecular flexibility index (Phi) is 16.5. The van der Waals surface area contributed by atoms with Crippen LogP contribution >= 0.6 is 0 Å². The van der Waals surface area contributed by atoms with E-state index in [1.165, 1.54) is 130 Å². The third-order valence-corrected chi connectivity index (χ3v) is 5.84. The van der Waals surface area contributed by atoms with Gasteiger partial charge < -0.3 is 20.0 Å². The molecule has 0 saturated carbocycles. The van der Waals surface area contributed by atoms with E-state index in [0.717, 1.165) is 0 Å². The Bertz CT molecular complexity index is 311. The maximum atomic E-state index is 3.66. The molecule has 1 saturated heterocycles. The normalized spacial score (nSPS) is 19.2. The van der Waals surface area contributed by atoms with Gasteiger partial charge in [-0.05, 0) is 91.5 Å². The van der Waals surface area contributed by atoms with Crippen LogP contribution in [0.3, 0.4) is 0 Å². The first-order valence-electron chi connectivity index (χ1n) is 12.1. The minimum Gasteiger partial charge on any atom is -0.317 e. The Morgan fingerprint density at radius 1 is 0.593 bits per heavy atom. The molecule has 0 aromatic carbocycles. The van der Waals surface area contributed by atoms with Gasteiger partial charge in [0, 0.05) is 13.1 Å². The van der Waals surface area contributed by atoms with Gasteiger partial charge in [-0.3, -0.25) is 0 Å². The average Bonchev–Trinajstić information content (AvgIpc) is 2.70. The van der Waals surface area contributed by atoms with Crippen molar-refractivity contribution in [1.29, 1.82) is 0 Å². The summed E-state index contributed by atoms with van der Waals surface area (Å²) in [6, 6.07) is 0. The highest BCUT2D eigenvalue weighted by atomic mass is 15.2. The molecule has 4 nitrogen and oxygen atoms in total. The molecule has 0 aromatic heterocycles. The molecule has 0 aliphatic carbocycles. The number of hydrogen-bond donors (Lipinski definition) is 1. The molecule has 0 atom stereocenters. The van der Waals surface area contributed by atoms with Gasteiger partial charge in [0.2, 0.25) is 0 Å². The van der Waals surface area contributed by atoms with Crippen LogP contribution < -0.4 is 5.32 Å². The van der Waals surface area contributed by atoms with Crippen molar-refractivity contribution < 1.29 is 0 Å². The molecule has 0 radical (unpaired) electrons. The first-order chi connectivity index (χ1) is 13.3. The molecule has 1 aliphatic heterocycles. The van der Waals surface area contributed by atoms with Crippen LogP contribution in [0.2, 0.25) is 0 Å². The Morgan fingerprint density at radius 3 is 1.96 bits per heavy atom. The SMILES string of the molecule is CCCCCCCCNCCCN1CCCN(CCC)CCCN(C)CC1. The quantitative estimate of drug-likeness (QED) is 0.485. The first-order valence-corrected chi connectivity index (χ1v) is 12.1. The Balaban J connectivity index is 2.14. The van der Waals surface area contributed by atoms with E-state index in [9.17, 15) is 0 Å². The van der Waals surface area contributed by atoms with Gasteiger partial charge in [-0.2, -0.15) is 0 Å². The molecule has 0 unspecified atom stereocenters. The summed E-state index contributed by atoms with van der Waals surface area (Å²) in [6.45, 7) is 17.0. The van der Waals surface area contributed by atoms with E-state index in [1.807, 2.05) is 0 Å². The van der Waals surface area contributed by atoms with Crippen molar-refractivity contribution in [2.24, 2.45) is 0 Å². The zero-order valence-corrected chi connectivity index (χ0v) is 19.0. The topological polar surface area (TPSA) is 21.8 Å². The lowest BCUT2D eigenvalue weighted by Gasteiger charge is -2.25. The molecule has 0 amide bonds. The standard InChI is InChI=1S/C23H50N4/c1-4-6-7-8-9-10-14-24-15-11-18-27-21-13-20-26(16-5-2)19-12-17-25(3)22-23-27/h24H,4-23H2,1-3H3. The average molecular weight is 383 g/mol. The van der Waals surface area contributed by atoms with Crippen LogP contribution in [-0.2, 0) is 0 Å². The predicted octanol–water partition coefficient (Wildman–Crippen LogP) is 4.07. The van der Waals surface area contributed by atoms with Crippen molar-refractivity contribution in [3.63, 3.8) is 0 Å². The summed E-state index contributed by atoms with van der Waals surface area (Å²) in [5.74, 6) is 0. The molecule has 1 aliphatic rings. The third-order valence-electron chi connectivity index (χ3n) is 5.84. The number of likely N-dealkylation sites (N-methyl/N-ethyl adjacent to an activating group) is 1. The smallest absolute Gasteiger partial charge is 0.0109 e. The number of nitrogens with one attached hydrogen (secondary N) is 1. The third kappa shape index (κ3) is 14.5. The fourth-order valence-corrected chi connectivity index (χ4v) is 4.08. The van der Waals surface area contributed by atoms with Crippen LogP contribution in [0, 0.1) is 0 Å². The van der Waals surface area contributed by atoms with Crippen molar-refractivity contribution in [3.8, 4) is 0 Å². The van der Waals surface area contributed by atoms with Gasteiger partial charge in [-0.25, -0.2) is 0 Å². The van der Waals surface area contributed by atoms with E-state index >= 15 is 0 Å². The second-order valence-electron chi connectivity index (χ2n) is 8.56. The van der Waals surface area contributed by atoms with Crippen LogP contribution in [0.25, 0.3) is 0 Å². The maximum Gasteiger partial charge on any atom is 0.0109 e. The second-order valence-corrected chi connectivity index (χ2v) is 8.56. The summed E-state index contributed by atoms with van der Waals surface area (Å²) in [5, 5.41) is 3.66. The highest BCUT2D eigenvalue weighted by molar-refractivity contribution is 4.68. The second kappa shape index (κ2) is 17.9. The summed E-state index contributed by atoms with van der Waals surface area (Å²) in [6.07, 6.45) is 13.6. The van der Waals surface area contributed by atoms with E-state index in [0.29, 0.717) is 0 Å². The van der Waals surface area contributed by atoms with Gasteiger partial charge in [0.1, 0.15) is 0 Å². The number of hydrogen-bond acceptors (Lipinski definition) is 4. The summed E-state index contributed by atoms with van der Waals surface area (Å²) >= 11 is 0. The molecule has 1 N–H and O–H groups in total. The van der Waals surface area contributed by atoms with E-state index in [4.69, 9.17) is 0 Å². The fraction of sp³-hybridized carbons (Fsp3) is 1.00. The van der Waals surface area contributed by atoms with Crippen molar-refractivity contribution in [2.45, 2.75) is 78.1 Å². The zero-order chi connectivity index (χ0) is 19.6. The van der Waals surface area contributed by atoms with E-state index in [2.05, 4.69) is 40.9 Å². The molecule has 0 bridgehead atoms. The molecule has 0 aromatic rings. The van der Waals surface area contributed by atoms with Gasteiger partial charge in [0.05, 0.1) is 0 Å².